The summed E-state index contributed by atoms with van der Waals surface area (Å²) in [6, 6.07) is 8.65. The van der Waals surface area contributed by atoms with E-state index in [0.717, 1.165) is 41.6 Å². The monoisotopic (exact) mass is 361 g/mol. The number of anilines is 1. The molecule has 0 aliphatic carbocycles. The third kappa shape index (κ3) is 3.92. The highest BCUT2D eigenvalue weighted by Crippen LogP contribution is 2.32. The van der Waals surface area contributed by atoms with Crippen LogP contribution < -0.4 is 5.32 Å². The summed E-state index contributed by atoms with van der Waals surface area (Å²) in [5, 5.41) is 4.41. The zero-order valence-corrected chi connectivity index (χ0v) is 16.0. The molecule has 24 heavy (non-hydrogen) atoms. The summed E-state index contributed by atoms with van der Waals surface area (Å²) in [7, 11) is 1.83. The Morgan fingerprint density at radius 3 is 2.71 bits per heavy atom. The summed E-state index contributed by atoms with van der Waals surface area (Å²) in [5.41, 5.74) is 2.12. The van der Waals surface area contributed by atoms with Gasteiger partial charge >= 0.3 is 0 Å². The van der Waals surface area contributed by atoms with Crippen molar-refractivity contribution in [3.63, 3.8) is 0 Å². The molecule has 1 aromatic carbocycles. The number of hydrogen-bond donors (Lipinski definition) is 1. The number of amides is 1. The molecule has 0 radical (unpaired) electrons. The fourth-order valence-electron chi connectivity index (χ4n) is 2.90. The number of nitrogens with one attached hydrogen (secondary N) is 1. The lowest BCUT2D eigenvalue weighted by molar-refractivity contribution is 0.0731. The first-order valence-corrected chi connectivity index (χ1v) is 9.94. The van der Waals surface area contributed by atoms with Crippen LogP contribution in [-0.4, -0.2) is 41.2 Å². The molecule has 1 saturated heterocycles. The molecule has 3 rings (SSSR count). The van der Waals surface area contributed by atoms with E-state index in [9.17, 15) is 4.79 Å². The maximum Gasteiger partial charge on any atom is 0.265 e. The van der Waals surface area contributed by atoms with Gasteiger partial charge in [0, 0.05) is 30.3 Å². The summed E-state index contributed by atoms with van der Waals surface area (Å²) >= 11 is 3.39. The second kappa shape index (κ2) is 7.57. The van der Waals surface area contributed by atoms with E-state index in [-0.39, 0.29) is 5.91 Å². The second-order valence-corrected chi connectivity index (χ2v) is 8.48. The molecule has 1 fully saturated rings. The number of aryl methyl sites for hydroxylation is 2. The van der Waals surface area contributed by atoms with Crippen LogP contribution in [0.4, 0.5) is 5.13 Å². The van der Waals surface area contributed by atoms with Crippen LogP contribution in [0.3, 0.4) is 0 Å². The van der Waals surface area contributed by atoms with Crippen LogP contribution >= 0.6 is 23.1 Å². The van der Waals surface area contributed by atoms with E-state index in [1.807, 2.05) is 30.6 Å². The Kier molecular flexibility index (Phi) is 5.46. The summed E-state index contributed by atoms with van der Waals surface area (Å²) in [6.07, 6.45) is 2.09. The van der Waals surface area contributed by atoms with Gasteiger partial charge in [-0.15, -0.1) is 11.8 Å². The maximum absolute atomic E-state index is 12.7. The van der Waals surface area contributed by atoms with Crippen molar-refractivity contribution in [2.45, 2.75) is 36.8 Å². The smallest absolute Gasteiger partial charge is 0.265 e. The highest BCUT2D eigenvalue weighted by molar-refractivity contribution is 8.00. The Morgan fingerprint density at radius 1 is 1.33 bits per heavy atom. The Hall–Kier alpha value is -1.53. The lowest BCUT2D eigenvalue weighted by Gasteiger charge is -2.31. The van der Waals surface area contributed by atoms with Gasteiger partial charge in [0.15, 0.2) is 5.13 Å². The van der Waals surface area contributed by atoms with Crippen LogP contribution in [0, 0.1) is 13.8 Å². The third-order valence-electron chi connectivity index (χ3n) is 4.23. The van der Waals surface area contributed by atoms with Crippen molar-refractivity contribution in [2.24, 2.45) is 0 Å². The number of aromatic nitrogens is 1. The molecular formula is C18H23N3OS2. The van der Waals surface area contributed by atoms with Crippen molar-refractivity contribution in [3.05, 3.63) is 40.4 Å². The van der Waals surface area contributed by atoms with Crippen molar-refractivity contribution in [1.29, 1.82) is 0 Å². The number of nitrogens with zero attached hydrogens (tertiary/aromatic N) is 2. The predicted molar refractivity (Wildman–Crippen MR) is 102 cm³/mol. The van der Waals surface area contributed by atoms with E-state index in [1.54, 1.807) is 0 Å². The van der Waals surface area contributed by atoms with Gasteiger partial charge in [0.05, 0.1) is 5.69 Å². The Bertz CT molecular complexity index is 721. The minimum Gasteiger partial charge on any atom is -0.365 e. The molecule has 0 atom stereocenters. The molecule has 6 heteroatoms. The molecule has 0 bridgehead atoms. The summed E-state index contributed by atoms with van der Waals surface area (Å²) < 4.78 is 0. The SMILES string of the molecule is CNc1nc(C)c(C(=O)N2CCC(Sc3cccc(C)c3)CC2)s1. The first-order valence-electron chi connectivity index (χ1n) is 8.24. The van der Waals surface area contributed by atoms with E-state index in [0.29, 0.717) is 5.25 Å². The number of carbonyl (C=O) groups excluding carboxylic acids is 1. The van der Waals surface area contributed by atoms with E-state index in [1.165, 1.54) is 21.8 Å². The van der Waals surface area contributed by atoms with Crippen molar-refractivity contribution in [2.75, 3.05) is 25.5 Å². The third-order valence-corrected chi connectivity index (χ3v) is 6.72. The molecule has 128 valence electrons. The van der Waals surface area contributed by atoms with Crippen LogP contribution in [0.5, 0.6) is 0 Å². The second-order valence-electron chi connectivity index (χ2n) is 6.11. The molecule has 0 saturated carbocycles. The van der Waals surface area contributed by atoms with Crippen molar-refractivity contribution in [3.8, 4) is 0 Å². The highest BCUT2D eigenvalue weighted by Gasteiger charge is 2.26. The lowest BCUT2D eigenvalue weighted by Crippen LogP contribution is -2.39. The average molecular weight is 362 g/mol. The molecule has 1 aliphatic heterocycles. The van der Waals surface area contributed by atoms with Crippen LogP contribution in [0.2, 0.25) is 0 Å². The van der Waals surface area contributed by atoms with Gasteiger partial charge < -0.3 is 10.2 Å². The topological polar surface area (TPSA) is 45.2 Å². The molecule has 1 aliphatic rings. The molecule has 1 aromatic heterocycles. The maximum atomic E-state index is 12.7. The fraction of sp³-hybridized carbons (Fsp3) is 0.444. The van der Waals surface area contributed by atoms with Crippen molar-refractivity contribution in [1.82, 2.24) is 9.88 Å². The largest absolute Gasteiger partial charge is 0.365 e. The number of thiazole rings is 1. The van der Waals surface area contributed by atoms with Crippen LogP contribution in [0.25, 0.3) is 0 Å². The molecule has 2 aromatic rings. The first-order chi connectivity index (χ1) is 11.6. The molecule has 4 nitrogen and oxygen atoms in total. The first kappa shape index (κ1) is 17.3. The number of likely N-dealkylation sites (tertiary alicyclic amines) is 1. The van der Waals surface area contributed by atoms with E-state index in [4.69, 9.17) is 0 Å². The number of hydrogen-bond acceptors (Lipinski definition) is 5. The van der Waals surface area contributed by atoms with Gasteiger partial charge in [-0.05, 0) is 38.8 Å². The van der Waals surface area contributed by atoms with Crippen LogP contribution in [0.15, 0.2) is 29.2 Å². The summed E-state index contributed by atoms with van der Waals surface area (Å²) in [4.78, 5) is 21.2. The highest BCUT2D eigenvalue weighted by atomic mass is 32.2. The Morgan fingerprint density at radius 2 is 2.08 bits per heavy atom. The normalized spacial score (nSPS) is 15.5. The van der Waals surface area contributed by atoms with Gasteiger partial charge in [-0.2, -0.15) is 0 Å². The molecule has 2 heterocycles. The van der Waals surface area contributed by atoms with E-state index in [2.05, 4.69) is 41.5 Å². The average Bonchev–Trinajstić information content (AvgIpc) is 2.96. The number of carbonyl (C=O) groups is 1. The van der Waals surface area contributed by atoms with E-state index < -0.39 is 0 Å². The van der Waals surface area contributed by atoms with Crippen molar-refractivity contribution < 1.29 is 4.79 Å². The number of benzene rings is 1. The minimum absolute atomic E-state index is 0.130. The molecular weight excluding hydrogens is 338 g/mol. The molecule has 1 N–H and O–H groups in total. The zero-order valence-electron chi connectivity index (χ0n) is 14.3. The van der Waals surface area contributed by atoms with Gasteiger partial charge in [0.1, 0.15) is 4.88 Å². The molecule has 0 spiro atoms. The fourth-order valence-corrected chi connectivity index (χ4v) is 5.03. The van der Waals surface area contributed by atoms with Crippen LogP contribution in [-0.2, 0) is 0 Å². The van der Waals surface area contributed by atoms with Gasteiger partial charge in [0.2, 0.25) is 0 Å². The van der Waals surface area contributed by atoms with Gasteiger partial charge in [-0.3, -0.25) is 4.79 Å². The Balaban J connectivity index is 1.58. The molecule has 1 amide bonds. The lowest BCUT2D eigenvalue weighted by atomic mass is 10.1. The minimum atomic E-state index is 0.130. The van der Waals surface area contributed by atoms with Gasteiger partial charge in [-0.25, -0.2) is 4.98 Å². The summed E-state index contributed by atoms with van der Waals surface area (Å²) in [5.74, 6) is 0.130. The predicted octanol–water partition coefficient (Wildman–Crippen LogP) is 4.20. The van der Waals surface area contributed by atoms with Gasteiger partial charge in [-0.1, -0.05) is 29.0 Å². The summed E-state index contributed by atoms with van der Waals surface area (Å²) in [6.45, 7) is 5.69. The Labute approximate surface area is 151 Å². The number of rotatable bonds is 4. The van der Waals surface area contributed by atoms with Crippen molar-refractivity contribution >= 4 is 34.1 Å². The van der Waals surface area contributed by atoms with Gasteiger partial charge in [0.25, 0.3) is 5.91 Å². The number of piperidine rings is 1. The standard InChI is InChI=1S/C18H23N3OS2/c1-12-5-4-6-15(11-12)23-14-7-9-21(10-8-14)17(22)16-13(2)20-18(19-3)24-16/h4-6,11,14H,7-10H2,1-3H3,(H,19,20). The zero-order chi connectivity index (χ0) is 17.1. The van der Waals surface area contributed by atoms with E-state index >= 15 is 0 Å². The number of thioether (sulfide) groups is 1. The molecule has 0 unspecified atom stereocenters. The quantitative estimate of drug-likeness (QED) is 0.886. The van der Waals surface area contributed by atoms with Crippen LogP contribution in [0.1, 0.15) is 33.8 Å².